The van der Waals surface area contributed by atoms with E-state index in [2.05, 4.69) is 15.9 Å². The van der Waals surface area contributed by atoms with Gasteiger partial charge >= 0.3 is 18.2 Å². The van der Waals surface area contributed by atoms with Crippen LogP contribution in [0.2, 0.25) is 0 Å². The summed E-state index contributed by atoms with van der Waals surface area (Å²) < 4.78 is 41.6. The van der Waals surface area contributed by atoms with Gasteiger partial charge in [0.15, 0.2) is 0 Å². The lowest BCUT2D eigenvalue weighted by molar-refractivity contribution is -0.138. The summed E-state index contributed by atoms with van der Waals surface area (Å²) in [6.07, 6.45) is -2.80. The van der Waals surface area contributed by atoms with Gasteiger partial charge in [-0.15, -0.1) is 9.92 Å². The highest BCUT2D eigenvalue weighted by Gasteiger charge is 2.33. The molecule has 0 unspecified atom stereocenters. The molecule has 0 spiro atoms. The van der Waals surface area contributed by atoms with Gasteiger partial charge in [0, 0.05) is 42.7 Å². The summed E-state index contributed by atoms with van der Waals surface area (Å²) in [4.78, 5) is 37.3. The first-order valence-electron chi connectivity index (χ1n) is 11.3. The van der Waals surface area contributed by atoms with E-state index < -0.39 is 17.8 Å². The summed E-state index contributed by atoms with van der Waals surface area (Å²) in [5.41, 5.74) is 1.27. The second-order valence-electron chi connectivity index (χ2n) is 8.65. The highest BCUT2D eigenvalue weighted by atomic mass is 19.4. The standard InChI is InChI=1S/C26H23F3N6O3/c1-16-4-8-21(15-22(16)26(27,28)29)35(32-38)25(37)30-18-5-9-20(10-6-18)34-13-12-17-14-19(7-11-23(17)34)31-24(36)33(2)3/h4-15H,1-3H3,(H,30,37)(H,31,36). The second-order valence-corrected chi connectivity index (χ2v) is 8.65. The molecule has 3 aromatic carbocycles. The first-order chi connectivity index (χ1) is 18.0. The molecule has 9 nitrogen and oxygen atoms in total. The van der Waals surface area contributed by atoms with Crippen molar-refractivity contribution in [2.75, 3.05) is 29.7 Å². The number of benzene rings is 3. The number of nitroso groups, excluding NO2 is 1. The fraction of sp³-hybridized carbons (Fsp3) is 0.154. The average molecular weight is 525 g/mol. The summed E-state index contributed by atoms with van der Waals surface area (Å²) in [6, 6.07) is 15.8. The van der Waals surface area contributed by atoms with Crippen LogP contribution in [-0.4, -0.2) is 35.6 Å². The molecular formula is C26H23F3N6O3. The van der Waals surface area contributed by atoms with E-state index >= 15 is 0 Å². The van der Waals surface area contributed by atoms with E-state index in [0.717, 1.165) is 16.6 Å². The molecule has 2 N–H and O–H groups in total. The normalized spacial score (nSPS) is 11.2. The van der Waals surface area contributed by atoms with Gasteiger partial charge in [0.25, 0.3) is 0 Å². The highest BCUT2D eigenvalue weighted by molar-refractivity contribution is 6.01. The van der Waals surface area contributed by atoms with Crippen molar-refractivity contribution < 1.29 is 22.8 Å². The van der Waals surface area contributed by atoms with Gasteiger partial charge in [-0.3, -0.25) is 0 Å². The van der Waals surface area contributed by atoms with Crippen LogP contribution < -0.4 is 15.6 Å². The van der Waals surface area contributed by atoms with Gasteiger partial charge in [-0.05, 0) is 73.2 Å². The molecule has 12 heteroatoms. The van der Waals surface area contributed by atoms with Crippen LogP contribution in [0.4, 0.5) is 39.8 Å². The summed E-state index contributed by atoms with van der Waals surface area (Å²) in [7, 11) is 3.30. The van der Waals surface area contributed by atoms with Crippen LogP contribution in [0.15, 0.2) is 78.2 Å². The number of rotatable bonds is 5. The summed E-state index contributed by atoms with van der Waals surface area (Å²) in [6.45, 7) is 1.28. The Morgan fingerprint density at radius 2 is 1.53 bits per heavy atom. The number of fused-ring (bicyclic) bond motifs is 1. The third-order valence-corrected chi connectivity index (χ3v) is 5.79. The molecule has 0 fully saturated rings. The minimum atomic E-state index is -4.65. The topological polar surface area (TPSA) is 99.0 Å². The van der Waals surface area contributed by atoms with Gasteiger partial charge in [0.1, 0.15) is 0 Å². The molecule has 4 amide bonds. The molecule has 0 aliphatic rings. The summed E-state index contributed by atoms with van der Waals surface area (Å²) in [5.74, 6) is 0. The van der Waals surface area contributed by atoms with Gasteiger partial charge in [-0.2, -0.15) is 13.2 Å². The van der Waals surface area contributed by atoms with Crippen molar-refractivity contribution in [2.45, 2.75) is 13.1 Å². The quantitative estimate of drug-likeness (QED) is 0.223. The number of amides is 4. The monoisotopic (exact) mass is 524 g/mol. The molecule has 38 heavy (non-hydrogen) atoms. The van der Waals surface area contributed by atoms with Crippen molar-refractivity contribution in [1.29, 1.82) is 0 Å². The van der Waals surface area contributed by atoms with Crippen molar-refractivity contribution in [3.63, 3.8) is 0 Å². The van der Waals surface area contributed by atoms with Gasteiger partial charge < -0.3 is 20.1 Å². The number of carbonyl (C=O) groups excluding carboxylic acids is 2. The first-order valence-corrected chi connectivity index (χ1v) is 11.3. The maximum absolute atomic E-state index is 13.2. The van der Waals surface area contributed by atoms with E-state index in [0.29, 0.717) is 22.5 Å². The minimum Gasteiger partial charge on any atom is -0.331 e. The number of nitrogens with one attached hydrogen (secondary N) is 2. The molecule has 4 aromatic rings. The van der Waals surface area contributed by atoms with E-state index in [4.69, 9.17) is 0 Å². The lowest BCUT2D eigenvalue weighted by Gasteiger charge is -2.17. The number of halogens is 3. The molecule has 0 bridgehead atoms. The Kier molecular flexibility index (Phi) is 7.06. The molecule has 0 atom stereocenters. The average Bonchev–Trinajstić information content (AvgIpc) is 3.28. The van der Waals surface area contributed by atoms with Crippen LogP contribution in [0.25, 0.3) is 16.6 Å². The van der Waals surface area contributed by atoms with E-state index in [1.54, 1.807) is 44.4 Å². The van der Waals surface area contributed by atoms with Crippen molar-refractivity contribution in [2.24, 2.45) is 5.29 Å². The summed E-state index contributed by atoms with van der Waals surface area (Å²) in [5, 5.41) is 9.09. The number of urea groups is 2. The molecule has 196 valence electrons. The van der Waals surface area contributed by atoms with Gasteiger partial charge in [-0.1, -0.05) is 6.07 Å². The molecule has 0 saturated heterocycles. The third-order valence-electron chi connectivity index (χ3n) is 5.79. The van der Waals surface area contributed by atoms with Crippen LogP contribution in [0.3, 0.4) is 0 Å². The van der Waals surface area contributed by atoms with E-state index in [1.165, 1.54) is 24.0 Å². The number of anilines is 3. The van der Waals surface area contributed by atoms with Crippen LogP contribution >= 0.6 is 0 Å². The number of hydrogen-bond donors (Lipinski definition) is 2. The zero-order valence-corrected chi connectivity index (χ0v) is 20.6. The number of carbonyl (C=O) groups is 2. The summed E-state index contributed by atoms with van der Waals surface area (Å²) >= 11 is 0. The molecule has 0 aliphatic carbocycles. The van der Waals surface area contributed by atoms with Crippen LogP contribution in [0.1, 0.15) is 11.1 Å². The van der Waals surface area contributed by atoms with Crippen molar-refractivity contribution in [1.82, 2.24) is 9.47 Å². The maximum Gasteiger partial charge on any atom is 0.416 e. The zero-order chi connectivity index (χ0) is 27.6. The first kappa shape index (κ1) is 26.2. The van der Waals surface area contributed by atoms with E-state index in [-0.39, 0.29) is 17.3 Å². The Bertz CT molecular complexity index is 1510. The maximum atomic E-state index is 13.2. The molecule has 1 heterocycles. The third kappa shape index (κ3) is 5.43. The van der Waals surface area contributed by atoms with Gasteiger partial charge in [0.05, 0.1) is 22.1 Å². The zero-order valence-electron chi connectivity index (χ0n) is 20.6. The second kappa shape index (κ2) is 10.2. The molecule has 0 saturated carbocycles. The molecular weight excluding hydrogens is 501 g/mol. The van der Waals surface area contributed by atoms with E-state index in [1.807, 2.05) is 29.0 Å². The Hall–Kier alpha value is -4.87. The Morgan fingerprint density at radius 3 is 2.16 bits per heavy atom. The van der Waals surface area contributed by atoms with Crippen molar-refractivity contribution >= 4 is 40.0 Å². The van der Waals surface area contributed by atoms with Gasteiger partial charge in [0.2, 0.25) is 0 Å². The van der Waals surface area contributed by atoms with E-state index in [9.17, 15) is 27.7 Å². The molecule has 0 radical (unpaired) electrons. The Balaban J connectivity index is 1.51. The lowest BCUT2D eigenvalue weighted by atomic mass is 10.1. The van der Waals surface area contributed by atoms with Crippen molar-refractivity contribution in [3.8, 4) is 5.69 Å². The number of nitrogens with zero attached hydrogens (tertiary/aromatic N) is 4. The number of aromatic nitrogens is 1. The van der Waals surface area contributed by atoms with Crippen molar-refractivity contribution in [3.05, 3.63) is 89.0 Å². The fourth-order valence-electron chi connectivity index (χ4n) is 3.81. The molecule has 0 aliphatic heterocycles. The molecule has 1 aromatic heterocycles. The van der Waals surface area contributed by atoms with Crippen LogP contribution in [0, 0.1) is 11.8 Å². The van der Waals surface area contributed by atoms with Crippen LogP contribution in [-0.2, 0) is 6.18 Å². The Morgan fingerprint density at radius 1 is 0.868 bits per heavy atom. The molecule has 4 rings (SSSR count). The smallest absolute Gasteiger partial charge is 0.331 e. The predicted octanol–water partition coefficient (Wildman–Crippen LogP) is 6.77. The Labute approximate surface area is 215 Å². The predicted molar refractivity (Wildman–Crippen MR) is 139 cm³/mol. The number of alkyl halides is 3. The minimum absolute atomic E-state index is 0.0461. The number of hydrogen-bond acceptors (Lipinski definition) is 4. The van der Waals surface area contributed by atoms with Gasteiger partial charge in [-0.25, -0.2) is 9.59 Å². The number of aryl methyl sites for hydroxylation is 1. The lowest BCUT2D eigenvalue weighted by Crippen LogP contribution is -2.30. The highest BCUT2D eigenvalue weighted by Crippen LogP contribution is 2.34. The largest absolute Gasteiger partial charge is 0.416 e. The van der Waals surface area contributed by atoms with Crippen LogP contribution in [0.5, 0.6) is 0 Å². The SMILES string of the molecule is Cc1ccc(N(N=O)C(=O)Nc2ccc(-n3ccc4cc(NC(=O)N(C)C)ccc43)cc2)cc1C(F)(F)F. The fourth-order valence-corrected chi connectivity index (χ4v) is 3.81.